The van der Waals surface area contributed by atoms with Crippen LogP contribution in [0.2, 0.25) is 0 Å². The van der Waals surface area contributed by atoms with E-state index in [9.17, 15) is 0 Å². The van der Waals surface area contributed by atoms with Gasteiger partial charge in [-0.3, -0.25) is 4.68 Å². The number of aryl methyl sites for hydroxylation is 1. The lowest BCUT2D eigenvalue weighted by atomic mass is 10.0. The van der Waals surface area contributed by atoms with Crippen molar-refractivity contribution >= 4 is 0 Å². The van der Waals surface area contributed by atoms with E-state index in [0.29, 0.717) is 0 Å². The van der Waals surface area contributed by atoms with Gasteiger partial charge in [0.15, 0.2) is 11.5 Å². The van der Waals surface area contributed by atoms with Crippen molar-refractivity contribution in [1.29, 1.82) is 0 Å². The van der Waals surface area contributed by atoms with Crippen LogP contribution in [0.3, 0.4) is 0 Å². The van der Waals surface area contributed by atoms with E-state index >= 15 is 0 Å². The van der Waals surface area contributed by atoms with Gasteiger partial charge in [-0.05, 0) is 30.3 Å². The number of benzene rings is 1. The first-order valence-corrected chi connectivity index (χ1v) is 7.11. The normalized spacial score (nSPS) is 12.2. The second-order valence-corrected chi connectivity index (χ2v) is 4.91. The Bertz CT molecular complexity index is 581. The Morgan fingerprint density at radius 1 is 1.19 bits per heavy atom. The van der Waals surface area contributed by atoms with Gasteiger partial charge < -0.3 is 14.8 Å². The van der Waals surface area contributed by atoms with Gasteiger partial charge in [0.25, 0.3) is 0 Å². The van der Waals surface area contributed by atoms with Gasteiger partial charge >= 0.3 is 0 Å². The third-order valence-corrected chi connectivity index (χ3v) is 3.44. The molecule has 0 aliphatic rings. The average molecular weight is 289 g/mol. The maximum Gasteiger partial charge on any atom is 0.161 e. The maximum atomic E-state index is 5.39. The Labute approximate surface area is 125 Å². The molecule has 1 aromatic carbocycles. The summed E-state index contributed by atoms with van der Waals surface area (Å²) in [4.78, 5) is 0. The molecular weight excluding hydrogens is 266 g/mol. The van der Waals surface area contributed by atoms with E-state index in [1.54, 1.807) is 14.2 Å². The molecule has 1 unspecified atom stereocenters. The minimum absolute atomic E-state index is 0.199. The lowest BCUT2D eigenvalue weighted by Gasteiger charge is -2.19. The van der Waals surface area contributed by atoms with Crippen LogP contribution < -0.4 is 14.8 Å². The van der Waals surface area contributed by atoms with E-state index in [1.165, 1.54) is 5.56 Å². The molecule has 0 bridgehead atoms. The van der Waals surface area contributed by atoms with Gasteiger partial charge in [0.1, 0.15) is 0 Å². The molecule has 0 amide bonds. The van der Waals surface area contributed by atoms with Gasteiger partial charge in [-0.1, -0.05) is 13.0 Å². The highest BCUT2D eigenvalue weighted by atomic mass is 16.5. The Balaban J connectivity index is 2.24. The summed E-state index contributed by atoms with van der Waals surface area (Å²) in [6.07, 6.45) is 2.80. The summed E-state index contributed by atoms with van der Waals surface area (Å²) in [7, 11) is 5.23. The van der Waals surface area contributed by atoms with Crippen molar-refractivity contribution in [1.82, 2.24) is 15.1 Å². The lowest BCUT2D eigenvalue weighted by Crippen LogP contribution is -2.23. The number of hydrogen-bond acceptors (Lipinski definition) is 4. The molecule has 5 heteroatoms. The monoisotopic (exact) mass is 289 g/mol. The molecule has 5 nitrogen and oxygen atoms in total. The summed E-state index contributed by atoms with van der Waals surface area (Å²) >= 11 is 0. The number of likely N-dealkylation sites (N-methyl/N-ethyl adjacent to an activating group) is 1. The Morgan fingerprint density at radius 2 is 1.95 bits per heavy atom. The molecule has 2 rings (SSSR count). The number of aromatic nitrogens is 2. The molecule has 0 radical (unpaired) electrons. The first-order chi connectivity index (χ1) is 10.2. The molecule has 0 saturated heterocycles. The van der Waals surface area contributed by atoms with Crippen LogP contribution in [0, 0.1) is 0 Å². The second kappa shape index (κ2) is 7.13. The van der Waals surface area contributed by atoms with Crippen LogP contribution in [0.4, 0.5) is 0 Å². The van der Waals surface area contributed by atoms with Gasteiger partial charge in [-0.2, -0.15) is 5.10 Å². The zero-order valence-corrected chi connectivity index (χ0v) is 13.1. The molecule has 1 aromatic heterocycles. The van der Waals surface area contributed by atoms with Gasteiger partial charge in [0.05, 0.1) is 19.9 Å². The predicted molar refractivity (Wildman–Crippen MR) is 82.9 cm³/mol. The summed E-state index contributed by atoms with van der Waals surface area (Å²) in [6.45, 7) is 3.00. The zero-order valence-electron chi connectivity index (χ0n) is 13.1. The smallest absolute Gasteiger partial charge is 0.161 e. The summed E-state index contributed by atoms with van der Waals surface area (Å²) in [5.74, 6) is 1.49. The zero-order chi connectivity index (χ0) is 15.2. The van der Waals surface area contributed by atoms with Crippen molar-refractivity contribution in [3.63, 3.8) is 0 Å². The molecule has 2 aromatic rings. The third-order valence-electron chi connectivity index (χ3n) is 3.44. The Kier molecular flexibility index (Phi) is 5.22. The molecule has 114 valence electrons. The number of hydrogen-bond donors (Lipinski definition) is 1. The van der Waals surface area contributed by atoms with Crippen LogP contribution >= 0.6 is 0 Å². The van der Waals surface area contributed by atoms with Gasteiger partial charge in [0, 0.05) is 25.7 Å². The molecule has 0 saturated carbocycles. The fourth-order valence-corrected chi connectivity index (χ4v) is 2.41. The van der Waals surface area contributed by atoms with E-state index in [0.717, 1.165) is 30.2 Å². The quantitative estimate of drug-likeness (QED) is 0.850. The van der Waals surface area contributed by atoms with Crippen molar-refractivity contribution in [3.05, 3.63) is 41.7 Å². The number of nitrogens with one attached hydrogen (secondary N) is 1. The van der Waals surface area contributed by atoms with Crippen LogP contribution in [0.1, 0.15) is 24.2 Å². The summed E-state index contributed by atoms with van der Waals surface area (Å²) in [5.41, 5.74) is 2.23. The fraction of sp³-hybridized carbons (Fsp3) is 0.438. The first kappa shape index (κ1) is 15.4. The molecule has 21 heavy (non-hydrogen) atoms. The third kappa shape index (κ3) is 3.76. The molecule has 1 atom stereocenters. The van der Waals surface area contributed by atoms with Crippen molar-refractivity contribution in [2.45, 2.75) is 19.4 Å². The summed E-state index contributed by atoms with van der Waals surface area (Å²) in [6, 6.07) is 8.28. The second-order valence-electron chi connectivity index (χ2n) is 4.91. The van der Waals surface area contributed by atoms with Crippen LogP contribution in [-0.2, 0) is 13.5 Å². The number of nitrogens with zero attached hydrogens (tertiary/aromatic N) is 2. The Morgan fingerprint density at radius 3 is 2.52 bits per heavy atom. The summed E-state index contributed by atoms with van der Waals surface area (Å²) in [5, 5.41) is 7.96. The molecule has 0 fully saturated rings. The van der Waals surface area contributed by atoms with E-state index in [4.69, 9.17) is 9.47 Å². The van der Waals surface area contributed by atoms with Gasteiger partial charge in [-0.15, -0.1) is 0 Å². The summed E-state index contributed by atoms with van der Waals surface area (Å²) < 4.78 is 12.5. The van der Waals surface area contributed by atoms with Crippen LogP contribution in [0.15, 0.2) is 30.5 Å². The van der Waals surface area contributed by atoms with Crippen molar-refractivity contribution in [2.75, 3.05) is 20.8 Å². The highest BCUT2D eigenvalue weighted by Gasteiger charge is 2.15. The molecule has 0 spiro atoms. The number of methoxy groups -OCH3 is 2. The maximum absolute atomic E-state index is 5.39. The van der Waals surface area contributed by atoms with Crippen molar-refractivity contribution in [2.24, 2.45) is 7.05 Å². The van der Waals surface area contributed by atoms with Gasteiger partial charge in [0.2, 0.25) is 0 Å². The average Bonchev–Trinajstić information content (AvgIpc) is 2.91. The van der Waals surface area contributed by atoms with Crippen molar-refractivity contribution < 1.29 is 9.47 Å². The highest BCUT2D eigenvalue weighted by molar-refractivity contribution is 5.44. The van der Waals surface area contributed by atoms with Crippen LogP contribution in [-0.4, -0.2) is 30.5 Å². The van der Waals surface area contributed by atoms with Gasteiger partial charge in [-0.25, -0.2) is 0 Å². The largest absolute Gasteiger partial charge is 0.493 e. The highest BCUT2D eigenvalue weighted by Crippen LogP contribution is 2.30. The molecule has 0 aliphatic heterocycles. The van der Waals surface area contributed by atoms with Crippen molar-refractivity contribution in [3.8, 4) is 11.5 Å². The van der Waals surface area contributed by atoms with Crippen LogP contribution in [0.5, 0.6) is 11.5 Å². The lowest BCUT2D eigenvalue weighted by molar-refractivity contribution is 0.353. The molecule has 1 N–H and O–H groups in total. The van der Waals surface area contributed by atoms with E-state index in [-0.39, 0.29) is 6.04 Å². The standard InChI is InChI=1S/C16H23N3O2/c1-5-17-14(11-13-8-9-19(2)18-13)12-6-7-15(20-3)16(10-12)21-4/h6-10,14,17H,5,11H2,1-4H3. The Hall–Kier alpha value is -2.01. The number of rotatable bonds is 7. The minimum atomic E-state index is 0.199. The van der Waals surface area contributed by atoms with E-state index < -0.39 is 0 Å². The fourth-order valence-electron chi connectivity index (χ4n) is 2.41. The molecule has 1 heterocycles. The first-order valence-electron chi connectivity index (χ1n) is 7.11. The minimum Gasteiger partial charge on any atom is -0.493 e. The van der Waals surface area contributed by atoms with Crippen LogP contribution in [0.25, 0.3) is 0 Å². The SMILES string of the molecule is CCNC(Cc1ccn(C)n1)c1ccc(OC)c(OC)c1. The predicted octanol–water partition coefficient (Wildman–Crippen LogP) is 2.33. The topological polar surface area (TPSA) is 48.3 Å². The molecular formula is C16H23N3O2. The number of ether oxygens (including phenoxy) is 2. The van der Waals surface area contributed by atoms with E-state index in [2.05, 4.69) is 23.4 Å². The molecule has 0 aliphatic carbocycles. The van der Waals surface area contributed by atoms with E-state index in [1.807, 2.05) is 36.1 Å².